The van der Waals surface area contributed by atoms with Crippen LogP contribution >= 0.6 is 15.9 Å². The van der Waals surface area contributed by atoms with Crippen LogP contribution < -0.4 is 10.1 Å². The SMILES string of the molecule is C[C@H](CNC(=O)COc1ccc(Br)cc1C=O)c1ccccc1. The Morgan fingerprint density at radius 1 is 1.26 bits per heavy atom. The Balaban J connectivity index is 1.83. The molecule has 0 aromatic heterocycles. The first-order chi connectivity index (χ1) is 11.1. The molecule has 4 nitrogen and oxygen atoms in total. The average molecular weight is 376 g/mol. The highest BCUT2D eigenvalue weighted by Gasteiger charge is 2.10. The summed E-state index contributed by atoms with van der Waals surface area (Å²) >= 11 is 3.29. The quantitative estimate of drug-likeness (QED) is 0.752. The maximum Gasteiger partial charge on any atom is 0.257 e. The number of aldehydes is 1. The van der Waals surface area contributed by atoms with Crippen LogP contribution in [0.4, 0.5) is 0 Å². The molecule has 0 saturated carbocycles. The van der Waals surface area contributed by atoms with Crippen molar-refractivity contribution < 1.29 is 14.3 Å². The van der Waals surface area contributed by atoms with E-state index in [9.17, 15) is 9.59 Å². The predicted octanol–water partition coefficient (Wildman–Crippen LogP) is 3.56. The Kier molecular flexibility index (Phi) is 6.35. The fourth-order valence-corrected chi connectivity index (χ4v) is 2.48. The Morgan fingerprint density at radius 3 is 2.70 bits per heavy atom. The molecule has 23 heavy (non-hydrogen) atoms. The molecule has 0 fully saturated rings. The van der Waals surface area contributed by atoms with Crippen LogP contribution in [0.25, 0.3) is 0 Å². The summed E-state index contributed by atoms with van der Waals surface area (Å²) in [6, 6.07) is 15.1. The maximum atomic E-state index is 11.9. The highest BCUT2D eigenvalue weighted by atomic mass is 79.9. The molecule has 2 aromatic rings. The second-order valence-electron chi connectivity index (χ2n) is 5.20. The van der Waals surface area contributed by atoms with Crippen LogP contribution in [0.3, 0.4) is 0 Å². The zero-order chi connectivity index (χ0) is 16.7. The average Bonchev–Trinajstić information content (AvgIpc) is 2.59. The summed E-state index contributed by atoms with van der Waals surface area (Å²) in [6.07, 6.45) is 0.704. The molecule has 0 aliphatic rings. The van der Waals surface area contributed by atoms with E-state index < -0.39 is 0 Å². The number of halogens is 1. The minimum absolute atomic E-state index is 0.121. The highest BCUT2D eigenvalue weighted by Crippen LogP contribution is 2.21. The van der Waals surface area contributed by atoms with Gasteiger partial charge in [0.15, 0.2) is 12.9 Å². The van der Waals surface area contributed by atoms with Gasteiger partial charge >= 0.3 is 0 Å². The Hall–Kier alpha value is -2.14. The maximum absolute atomic E-state index is 11.9. The van der Waals surface area contributed by atoms with Crippen molar-refractivity contribution in [2.75, 3.05) is 13.2 Å². The first kappa shape index (κ1) is 17.2. The normalized spacial score (nSPS) is 11.6. The molecule has 0 bridgehead atoms. The summed E-state index contributed by atoms with van der Waals surface area (Å²) < 4.78 is 6.20. The second kappa shape index (κ2) is 8.48. The molecule has 0 aliphatic carbocycles. The monoisotopic (exact) mass is 375 g/mol. The molecule has 1 amide bonds. The third-order valence-corrected chi connectivity index (χ3v) is 3.92. The van der Waals surface area contributed by atoms with Gasteiger partial charge in [-0.1, -0.05) is 53.2 Å². The van der Waals surface area contributed by atoms with Gasteiger partial charge < -0.3 is 10.1 Å². The van der Waals surface area contributed by atoms with Crippen molar-refractivity contribution in [3.8, 4) is 5.75 Å². The topological polar surface area (TPSA) is 55.4 Å². The number of hydrogen-bond acceptors (Lipinski definition) is 3. The highest BCUT2D eigenvalue weighted by molar-refractivity contribution is 9.10. The van der Waals surface area contributed by atoms with Gasteiger partial charge in [-0.25, -0.2) is 0 Å². The number of rotatable bonds is 7. The molecule has 120 valence electrons. The lowest BCUT2D eigenvalue weighted by Crippen LogP contribution is -2.32. The number of carbonyl (C=O) groups excluding carboxylic acids is 2. The zero-order valence-electron chi connectivity index (χ0n) is 12.8. The molecule has 2 rings (SSSR count). The van der Waals surface area contributed by atoms with E-state index in [2.05, 4.69) is 28.2 Å². The van der Waals surface area contributed by atoms with Gasteiger partial charge in [-0.15, -0.1) is 0 Å². The van der Waals surface area contributed by atoms with Gasteiger partial charge in [0.2, 0.25) is 0 Å². The van der Waals surface area contributed by atoms with E-state index in [0.717, 1.165) is 4.47 Å². The van der Waals surface area contributed by atoms with Crippen LogP contribution in [-0.2, 0) is 4.79 Å². The zero-order valence-corrected chi connectivity index (χ0v) is 14.4. The van der Waals surface area contributed by atoms with E-state index >= 15 is 0 Å². The summed E-state index contributed by atoms with van der Waals surface area (Å²) in [5.74, 6) is 0.403. The van der Waals surface area contributed by atoms with Crippen LogP contribution in [0.1, 0.15) is 28.8 Å². The van der Waals surface area contributed by atoms with Gasteiger partial charge in [0.1, 0.15) is 5.75 Å². The van der Waals surface area contributed by atoms with Crippen molar-refractivity contribution in [3.05, 3.63) is 64.1 Å². The van der Waals surface area contributed by atoms with E-state index in [-0.39, 0.29) is 18.4 Å². The molecule has 0 aliphatic heterocycles. The lowest BCUT2D eigenvalue weighted by molar-refractivity contribution is -0.123. The van der Waals surface area contributed by atoms with Crippen molar-refractivity contribution in [2.45, 2.75) is 12.8 Å². The van der Waals surface area contributed by atoms with Gasteiger partial charge in [-0.2, -0.15) is 0 Å². The molecule has 0 radical (unpaired) electrons. The molecule has 0 unspecified atom stereocenters. The van der Waals surface area contributed by atoms with E-state index in [1.165, 1.54) is 5.56 Å². The minimum atomic E-state index is -0.215. The largest absolute Gasteiger partial charge is 0.483 e. The van der Waals surface area contributed by atoms with Crippen molar-refractivity contribution in [1.29, 1.82) is 0 Å². The van der Waals surface area contributed by atoms with Gasteiger partial charge in [0, 0.05) is 11.0 Å². The summed E-state index contributed by atoms with van der Waals surface area (Å²) in [5, 5.41) is 2.84. The van der Waals surface area contributed by atoms with Crippen molar-refractivity contribution in [1.82, 2.24) is 5.32 Å². The number of carbonyl (C=O) groups is 2. The lowest BCUT2D eigenvalue weighted by atomic mass is 10.0. The van der Waals surface area contributed by atoms with E-state index in [1.807, 2.05) is 30.3 Å². The van der Waals surface area contributed by atoms with Gasteiger partial charge in [-0.3, -0.25) is 9.59 Å². The summed E-state index contributed by atoms with van der Waals surface area (Å²) in [7, 11) is 0. The van der Waals surface area contributed by atoms with Gasteiger partial charge in [0.25, 0.3) is 5.91 Å². The summed E-state index contributed by atoms with van der Waals surface area (Å²) in [4.78, 5) is 22.9. The van der Waals surface area contributed by atoms with Gasteiger partial charge in [-0.05, 0) is 29.7 Å². The number of benzene rings is 2. The first-order valence-corrected chi connectivity index (χ1v) is 8.08. The molecule has 1 atom stereocenters. The van der Waals surface area contributed by atoms with Crippen LogP contribution in [-0.4, -0.2) is 25.3 Å². The van der Waals surface area contributed by atoms with Crippen molar-refractivity contribution >= 4 is 28.1 Å². The molecule has 5 heteroatoms. The molecule has 0 spiro atoms. The van der Waals surface area contributed by atoms with Crippen LogP contribution in [0.2, 0.25) is 0 Å². The van der Waals surface area contributed by atoms with E-state index in [0.29, 0.717) is 24.1 Å². The van der Waals surface area contributed by atoms with Crippen LogP contribution in [0, 0.1) is 0 Å². The fraction of sp³-hybridized carbons (Fsp3) is 0.222. The molecular formula is C18H18BrNO3. The number of nitrogens with one attached hydrogen (secondary N) is 1. The van der Waals surface area contributed by atoms with Gasteiger partial charge in [0.05, 0.1) is 5.56 Å². The Labute approximate surface area is 144 Å². The molecule has 1 N–H and O–H groups in total. The molecule has 0 saturated heterocycles. The summed E-state index contributed by atoms with van der Waals surface area (Å²) in [5.41, 5.74) is 1.58. The van der Waals surface area contributed by atoms with Crippen LogP contribution in [0.15, 0.2) is 53.0 Å². The minimum Gasteiger partial charge on any atom is -0.483 e. The third kappa shape index (κ3) is 5.21. The number of hydrogen-bond donors (Lipinski definition) is 1. The smallest absolute Gasteiger partial charge is 0.257 e. The Morgan fingerprint density at radius 2 is 2.00 bits per heavy atom. The van der Waals surface area contributed by atoms with E-state index in [1.54, 1.807) is 18.2 Å². The van der Waals surface area contributed by atoms with Crippen molar-refractivity contribution in [2.24, 2.45) is 0 Å². The summed E-state index contributed by atoms with van der Waals surface area (Å²) in [6.45, 7) is 2.47. The molecule has 0 heterocycles. The lowest BCUT2D eigenvalue weighted by Gasteiger charge is -2.14. The third-order valence-electron chi connectivity index (χ3n) is 3.43. The van der Waals surface area contributed by atoms with Crippen molar-refractivity contribution in [3.63, 3.8) is 0 Å². The second-order valence-corrected chi connectivity index (χ2v) is 6.12. The predicted molar refractivity (Wildman–Crippen MR) is 92.9 cm³/mol. The van der Waals surface area contributed by atoms with Crippen LogP contribution in [0.5, 0.6) is 5.75 Å². The molecule has 2 aromatic carbocycles. The standard InChI is InChI=1S/C18H18BrNO3/c1-13(14-5-3-2-4-6-14)10-20-18(22)12-23-17-8-7-16(19)9-15(17)11-21/h2-9,11,13H,10,12H2,1H3,(H,20,22)/t13-/m1/s1. The Bertz CT molecular complexity index is 673. The molecular weight excluding hydrogens is 358 g/mol. The van der Waals surface area contributed by atoms with E-state index in [4.69, 9.17) is 4.74 Å². The number of ether oxygens (including phenoxy) is 1. The fourth-order valence-electron chi connectivity index (χ4n) is 2.10. The number of amides is 1. The first-order valence-electron chi connectivity index (χ1n) is 7.29.